The van der Waals surface area contributed by atoms with Gasteiger partial charge in [0.05, 0.1) is 36.8 Å². The lowest BCUT2D eigenvalue weighted by atomic mass is 10.0. The number of rotatable bonds is 13. The van der Waals surface area contributed by atoms with Crippen molar-refractivity contribution in [1.82, 2.24) is 14.9 Å². The Morgan fingerprint density at radius 3 is 2.55 bits per heavy atom. The zero-order valence-electron chi connectivity index (χ0n) is 26.7. The molecule has 3 aromatic carbocycles. The quantitative estimate of drug-likeness (QED) is 0.161. The fourth-order valence-corrected chi connectivity index (χ4v) is 5.09. The first kappa shape index (κ1) is 33.1. The van der Waals surface area contributed by atoms with E-state index in [1.54, 1.807) is 42.5 Å². The molecule has 1 aliphatic rings. The molecule has 0 aliphatic carbocycles. The van der Waals surface area contributed by atoms with Gasteiger partial charge in [-0.15, -0.1) is 0 Å². The van der Waals surface area contributed by atoms with Crippen LogP contribution in [0.15, 0.2) is 79.6 Å². The van der Waals surface area contributed by atoms with Gasteiger partial charge >= 0.3 is 0 Å². The minimum absolute atomic E-state index is 0.0570. The predicted octanol–water partition coefficient (Wildman–Crippen LogP) is 6.30. The minimum Gasteiger partial charge on any atom is -0.494 e. The minimum atomic E-state index is -0.724. The third kappa shape index (κ3) is 8.31. The number of hydrogen-bond donors (Lipinski definition) is 2. The number of methoxy groups -OCH3 is 1. The van der Waals surface area contributed by atoms with Crippen LogP contribution in [0.4, 0.5) is 37.5 Å². The lowest BCUT2D eigenvalue weighted by molar-refractivity contribution is -0.111. The fourth-order valence-electron chi connectivity index (χ4n) is 5.09. The summed E-state index contributed by atoms with van der Waals surface area (Å²) in [7, 11) is 7.51. The van der Waals surface area contributed by atoms with Crippen molar-refractivity contribution >= 4 is 34.6 Å². The van der Waals surface area contributed by atoms with Crippen LogP contribution in [0.2, 0.25) is 0 Å². The average Bonchev–Trinajstić information content (AvgIpc) is 3.54. The number of benzene rings is 3. The number of carbonyl (C=O) groups excluding carboxylic acids is 1. The molecular formula is C34H37F2N7O4. The summed E-state index contributed by atoms with van der Waals surface area (Å²) >= 11 is 0. The van der Waals surface area contributed by atoms with Crippen molar-refractivity contribution in [3.05, 3.63) is 96.8 Å². The Kier molecular flexibility index (Phi) is 10.5. The number of nitrogens with zero attached hydrogens (tertiary/aromatic N) is 5. The number of ether oxygens (including phenoxy) is 2. The first-order chi connectivity index (χ1) is 22.6. The zero-order chi connectivity index (χ0) is 33.5. The molecule has 1 atom stereocenters. The molecule has 0 unspecified atom stereocenters. The van der Waals surface area contributed by atoms with Crippen molar-refractivity contribution in [1.29, 1.82) is 0 Å². The molecule has 0 spiro atoms. The summed E-state index contributed by atoms with van der Waals surface area (Å²) in [6, 6.07) is 15.4. The van der Waals surface area contributed by atoms with E-state index in [4.69, 9.17) is 14.3 Å². The highest BCUT2D eigenvalue weighted by Gasteiger charge is 2.30. The van der Waals surface area contributed by atoms with Crippen LogP contribution in [-0.4, -0.2) is 68.7 Å². The van der Waals surface area contributed by atoms with Gasteiger partial charge in [-0.3, -0.25) is 9.63 Å². The topological polar surface area (TPSA) is 104 Å². The summed E-state index contributed by atoms with van der Waals surface area (Å²) < 4.78 is 38.9. The van der Waals surface area contributed by atoms with Gasteiger partial charge in [0, 0.05) is 56.9 Å². The van der Waals surface area contributed by atoms with E-state index < -0.39 is 11.6 Å². The van der Waals surface area contributed by atoms with Crippen LogP contribution in [0.1, 0.15) is 18.0 Å². The Hall–Kier alpha value is -5.27. The largest absolute Gasteiger partial charge is 0.494 e. The highest BCUT2D eigenvalue weighted by Crippen LogP contribution is 2.40. The second kappa shape index (κ2) is 14.9. The molecule has 2 N–H and O–H groups in total. The van der Waals surface area contributed by atoms with Crippen LogP contribution in [-0.2, 0) is 9.63 Å². The molecule has 1 amide bonds. The number of likely N-dealkylation sites (N-methyl/N-ethyl adjacent to an activating group) is 2. The zero-order valence-corrected chi connectivity index (χ0v) is 26.7. The average molecular weight is 646 g/mol. The van der Waals surface area contributed by atoms with E-state index in [2.05, 4.69) is 32.1 Å². The van der Waals surface area contributed by atoms with Crippen molar-refractivity contribution in [2.75, 3.05) is 68.5 Å². The molecule has 0 saturated carbocycles. The molecule has 47 heavy (non-hydrogen) atoms. The number of halogens is 2. The first-order valence-corrected chi connectivity index (χ1v) is 14.9. The Labute approximate surface area is 272 Å². The van der Waals surface area contributed by atoms with Gasteiger partial charge in [-0.2, -0.15) is 0 Å². The van der Waals surface area contributed by atoms with Crippen molar-refractivity contribution < 1.29 is 27.9 Å². The van der Waals surface area contributed by atoms with Gasteiger partial charge in [-0.25, -0.2) is 23.8 Å². The van der Waals surface area contributed by atoms with Crippen LogP contribution in [0.3, 0.4) is 0 Å². The van der Waals surface area contributed by atoms with Crippen LogP contribution in [0.25, 0.3) is 0 Å². The summed E-state index contributed by atoms with van der Waals surface area (Å²) in [5, 5.41) is 7.89. The molecule has 4 aromatic rings. The van der Waals surface area contributed by atoms with E-state index in [0.717, 1.165) is 36.0 Å². The standard InChI is InChI=1S/C34H37F2N7O4/c1-6-34(44)40-27-18-28(31(45-5)19-30(27)42(4)12-11-41(2)3)39-32-20-33(38-21-37-32)43-29(10-13-46-43)22-8-7-9-25(14-22)47-26-16-23(35)15-24(36)17-26/h6-9,14-21,29H,1,10-13H2,2-5H3,(H,40,44)(H,37,38,39)/t29-/m1/s1. The maximum absolute atomic E-state index is 13.7. The fraction of sp³-hybridized carbons (Fsp3) is 0.265. The van der Waals surface area contributed by atoms with Gasteiger partial charge < -0.3 is 29.9 Å². The van der Waals surface area contributed by atoms with E-state index in [1.165, 1.54) is 12.4 Å². The van der Waals surface area contributed by atoms with E-state index in [0.29, 0.717) is 54.1 Å². The van der Waals surface area contributed by atoms with E-state index in [-0.39, 0.29) is 17.7 Å². The molecule has 246 valence electrons. The smallest absolute Gasteiger partial charge is 0.247 e. The van der Waals surface area contributed by atoms with Crippen molar-refractivity contribution in [3.8, 4) is 17.2 Å². The summed E-state index contributed by atoms with van der Waals surface area (Å²) in [6.07, 6.45) is 3.30. The van der Waals surface area contributed by atoms with Gasteiger partial charge in [-0.05, 0) is 43.9 Å². The number of nitrogens with one attached hydrogen (secondary N) is 2. The predicted molar refractivity (Wildman–Crippen MR) is 178 cm³/mol. The molecule has 1 saturated heterocycles. The number of anilines is 5. The van der Waals surface area contributed by atoms with Crippen molar-refractivity contribution in [2.24, 2.45) is 0 Å². The van der Waals surface area contributed by atoms with E-state index >= 15 is 0 Å². The van der Waals surface area contributed by atoms with Crippen LogP contribution in [0.5, 0.6) is 17.2 Å². The lowest BCUT2D eigenvalue weighted by Crippen LogP contribution is -2.29. The molecule has 1 aliphatic heterocycles. The summed E-state index contributed by atoms with van der Waals surface area (Å²) in [6.45, 7) is 5.54. The summed E-state index contributed by atoms with van der Waals surface area (Å²) in [5.74, 6) is 0.191. The van der Waals surface area contributed by atoms with Crippen LogP contribution < -0.4 is 30.1 Å². The second-order valence-corrected chi connectivity index (χ2v) is 11.1. The van der Waals surface area contributed by atoms with Gasteiger partial charge in [0.15, 0.2) is 5.82 Å². The number of hydrogen-bond acceptors (Lipinski definition) is 10. The van der Waals surface area contributed by atoms with Gasteiger partial charge in [-0.1, -0.05) is 18.7 Å². The first-order valence-electron chi connectivity index (χ1n) is 14.9. The molecule has 1 aromatic heterocycles. The third-order valence-electron chi connectivity index (χ3n) is 7.42. The highest BCUT2D eigenvalue weighted by atomic mass is 19.1. The van der Waals surface area contributed by atoms with Gasteiger partial charge in [0.2, 0.25) is 5.91 Å². The molecule has 11 nitrogen and oxygen atoms in total. The van der Waals surface area contributed by atoms with Gasteiger partial charge in [0.1, 0.15) is 41.0 Å². The number of amides is 1. The van der Waals surface area contributed by atoms with E-state index in [1.807, 2.05) is 38.2 Å². The van der Waals surface area contributed by atoms with E-state index in [9.17, 15) is 13.6 Å². The van der Waals surface area contributed by atoms with Gasteiger partial charge in [0.25, 0.3) is 0 Å². The summed E-state index contributed by atoms with van der Waals surface area (Å²) in [5.41, 5.74) is 2.77. The monoisotopic (exact) mass is 645 g/mol. The molecule has 0 bridgehead atoms. The number of hydroxylamine groups is 1. The van der Waals surface area contributed by atoms with Crippen LogP contribution >= 0.6 is 0 Å². The molecule has 1 fully saturated rings. The Morgan fingerprint density at radius 2 is 1.83 bits per heavy atom. The molecule has 5 rings (SSSR count). The molecule has 0 radical (unpaired) electrons. The number of aromatic nitrogens is 2. The molecular weight excluding hydrogens is 608 g/mol. The third-order valence-corrected chi connectivity index (χ3v) is 7.42. The SMILES string of the molecule is C=CC(=O)Nc1cc(Nc2cc(N3OCC[C@@H]3c3cccc(Oc4cc(F)cc(F)c4)c3)ncn2)c(OC)cc1N(C)CCN(C)C. The Bertz CT molecular complexity index is 1720. The maximum Gasteiger partial charge on any atom is 0.247 e. The number of carbonyl (C=O) groups is 1. The highest BCUT2D eigenvalue weighted by molar-refractivity contribution is 6.02. The molecule has 13 heteroatoms. The lowest BCUT2D eigenvalue weighted by Gasteiger charge is -2.26. The normalized spacial score (nSPS) is 14.2. The Balaban J connectivity index is 1.39. The summed E-state index contributed by atoms with van der Waals surface area (Å²) in [4.78, 5) is 31.3. The van der Waals surface area contributed by atoms with Crippen molar-refractivity contribution in [2.45, 2.75) is 12.5 Å². The Morgan fingerprint density at radius 1 is 1.04 bits per heavy atom. The maximum atomic E-state index is 13.7. The van der Waals surface area contributed by atoms with Crippen molar-refractivity contribution in [3.63, 3.8) is 0 Å². The second-order valence-electron chi connectivity index (χ2n) is 11.1. The molecule has 2 heterocycles. The van der Waals surface area contributed by atoms with Crippen LogP contribution in [0, 0.1) is 11.6 Å².